The van der Waals surface area contributed by atoms with E-state index in [1.54, 1.807) is 0 Å². The van der Waals surface area contributed by atoms with E-state index < -0.39 is 0 Å². The van der Waals surface area contributed by atoms with E-state index in [1.165, 1.54) is 0 Å². The van der Waals surface area contributed by atoms with Gasteiger partial charge in [0.2, 0.25) is 5.91 Å². The average molecular weight is 214 g/mol. The number of amides is 1. The first-order valence-electron chi connectivity index (χ1n) is 5.74. The zero-order valence-electron chi connectivity index (χ0n) is 9.74. The standard InChI is InChI=1S/C11H22N2O2/c1-9(12)4-3-5-11(14)13-6-7-15-8-10(13)2/h9-10H,3-8,12H2,1-2H3/t9?,10-/m1/s1. The van der Waals surface area contributed by atoms with Crippen LogP contribution in [0.5, 0.6) is 0 Å². The largest absolute Gasteiger partial charge is 0.377 e. The molecule has 1 aliphatic heterocycles. The first-order valence-corrected chi connectivity index (χ1v) is 5.74. The molecule has 1 rings (SSSR count). The highest BCUT2D eigenvalue weighted by atomic mass is 16.5. The summed E-state index contributed by atoms with van der Waals surface area (Å²) in [5, 5.41) is 0. The van der Waals surface area contributed by atoms with Crippen molar-refractivity contribution >= 4 is 5.91 Å². The highest BCUT2D eigenvalue weighted by molar-refractivity contribution is 5.76. The van der Waals surface area contributed by atoms with E-state index in [4.69, 9.17) is 10.5 Å². The van der Waals surface area contributed by atoms with Crippen LogP contribution < -0.4 is 5.73 Å². The van der Waals surface area contributed by atoms with Crippen molar-refractivity contribution in [1.82, 2.24) is 4.90 Å². The molecule has 0 bridgehead atoms. The summed E-state index contributed by atoms with van der Waals surface area (Å²) < 4.78 is 5.29. The molecule has 88 valence electrons. The van der Waals surface area contributed by atoms with Crippen LogP contribution in [-0.2, 0) is 9.53 Å². The summed E-state index contributed by atoms with van der Waals surface area (Å²) in [6.07, 6.45) is 2.43. The van der Waals surface area contributed by atoms with Crippen LogP contribution in [0.2, 0.25) is 0 Å². The molecule has 1 heterocycles. The number of nitrogens with two attached hydrogens (primary N) is 1. The number of ether oxygens (including phenoxy) is 1. The Bertz CT molecular complexity index is 207. The number of carbonyl (C=O) groups is 1. The maximum absolute atomic E-state index is 11.8. The van der Waals surface area contributed by atoms with Crippen molar-refractivity contribution in [2.75, 3.05) is 19.8 Å². The molecule has 1 fully saturated rings. The molecule has 1 unspecified atom stereocenters. The summed E-state index contributed by atoms with van der Waals surface area (Å²) in [4.78, 5) is 13.7. The molecule has 0 aromatic carbocycles. The van der Waals surface area contributed by atoms with Gasteiger partial charge in [0.05, 0.1) is 19.3 Å². The second-order valence-electron chi connectivity index (χ2n) is 4.38. The molecule has 1 saturated heterocycles. The van der Waals surface area contributed by atoms with Gasteiger partial charge in [-0.15, -0.1) is 0 Å². The fraction of sp³-hybridized carbons (Fsp3) is 0.909. The van der Waals surface area contributed by atoms with Gasteiger partial charge in [-0.05, 0) is 26.7 Å². The Morgan fingerprint density at radius 1 is 1.67 bits per heavy atom. The molecule has 0 aromatic heterocycles. The molecule has 1 aliphatic rings. The van der Waals surface area contributed by atoms with E-state index in [1.807, 2.05) is 18.7 Å². The summed E-state index contributed by atoms with van der Waals surface area (Å²) in [5.74, 6) is 0.242. The van der Waals surface area contributed by atoms with Crippen molar-refractivity contribution in [3.63, 3.8) is 0 Å². The molecule has 0 spiro atoms. The summed E-state index contributed by atoms with van der Waals surface area (Å²) in [6.45, 7) is 6.07. The third-order valence-corrected chi connectivity index (χ3v) is 2.74. The van der Waals surface area contributed by atoms with Crippen LogP contribution in [0.4, 0.5) is 0 Å². The van der Waals surface area contributed by atoms with Crippen molar-refractivity contribution < 1.29 is 9.53 Å². The molecule has 15 heavy (non-hydrogen) atoms. The minimum atomic E-state index is 0.194. The maximum Gasteiger partial charge on any atom is 0.222 e. The van der Waals surface area contributed by atoms with Crippen molar-refractivity contribution in [2.45, 2.75) is 45.2 Å². The minimum Gasteiger partial charge on any atom is -0.377 e. The molecule has 0 aromatic rings. The van der Waals surface area contributed by atoms with E-state index in [0.29, 0.717) is 19.6 Å². The first kappa shape index (κ1) is 12.5. The third-order valence-electron chi connectivity index (χ3n) is 2.74. The molecule has 4 heteroatoms. The monoisotopic (exact) mass is 214 g/mol. The maximum atomic E-state index is 11.8. The highest BCUT2D eigenvalue weighted by Gasteiger charge is 2.22. The van der Waals surface area contributed by atoms with Crippen LogP contribution in [-0.4, -0.2) is 42.6 Å². The Labute approximate surface area is 91.8 Å². The second-order valence-corrected chi connectivity index (χ2v) is 4.38. The number of rotatable bonds is 4. The molecule has 4 nitrogen and oxygen atoms in total. The van der Waals surface area contributed by atoms with Crippen LogP contribution in [0, 0.1) is 0 Å². The molecule has 0 saturated carbocycles. The Morgan fingerprint density at radius 2 is 2.40 bits per heavy atom. The molecule has 0 radical (unpaired) electrons. The molecular formula is C11H22N2O2. The van der Waals surface area contributed by atoms with Gasteiger partial charge in [0.25, 0.3) is 0 Å². The van der Waals surface area contributed by atoms with Crippen LogP contribution >= 0.6 is 0 Å². The van der Waals surface area contributed by atoms with Gasteiger partial charge in [-0.1, -0.05) is 0 Å². The van der Waals surface area contributed by atoms with E-state index >= 15 is 0 Å². The topological polar surface area (TPSA) is 55.6 Å². The summed E-state index contributed by atoms with van der Waals surface area (Å²) in [5.41, 5.74) is 5.64. The van der Waals surface area contributed by atoms with Crippen molar-refractivity contribution in [2.24, 2.45) is 5.73 Å². The van der Waals surface area contributed by atoms with Crippen LogP contribution in [0.15, 0.2) is 0 Å². The fourth-order valence-corrected chi connectivity index (χ4v) is 1.82. The smallest absolute Gasteiger partial charge is 0.222 e. The first-order chi connectivity index (χ1) is 7.11. The van der Waals surface area contributed by atoms with Gasteiger partial charge in [-0.2, -0.15) is 0 Å². The lowest BCUT2D eigenvalue weighted by Gasteiger charge is -2.33. The van der Waals surface area contributed by atoms with E-state index in [-0.39, 0.29) is 18.0 Å². The highest BCUT2D eigenvalue weighted by Crippen LogP contribution is 2.10. The van der Waals surface area contributed by atoms with Gasteiger partial charge >= 0.3 is 0 Å². The van der Waals surface area contributed by atoms with Crippen molar-refractivity contribution in [1.29, 1.82) is 0 Å². The van der Waals surface area contributed by atoms with Gasteiger partial charge in [0.1, 0.15) is 0 Å². The van der Waals surface area contributed by atoms with Gasteiger partial charge in [-0.25, -0.2) is 0 Å². The molecule has 1 amide bonds. The summed E-state index contributed by atoms with van der Waals surface area (Å²) in [6, 6.07) is 0.418. The predicted octanol–water partition coefficient (Wildman–Crippen LogP) is 0.751. The summed E-state index contributed by atoms with van der Waals surface area (Å²) in [7, 11) is 0. The Morgan fingerprint density at radius 3 is 3.00 bits per heavy atom. The van der Waals surface area contributed by atoms with E-state index in [9.17, 15) is 4.79 Å². The van der Waals surface area contributed by atoms with Crippen molar-refractivity contribution in [3.05, 3.63) is 0 Å². The SMILES string of the molecule is CC(N)CCCC(=O)N1CCOC[C@H]1C. The van der Waals surface area contributed by atoms with Crippen molar-refractivity contribution in [3.8, 4) is 0 Å². The minimum absolute atomic E-state index is 0.194. The quantitative estimate of drug-likeness (QED) is 0.751. The summed E-state index contributed by atoms with van der Waals surface area (Å²) >= 11 is 0. The van der Waals surface area contributed by atoms with Gasteiger partial charge < -0.3 is 15.4 Å². The Kier molecular flexibility index (Phi) is 5.05. The number of carbonyl (C=O) groups excluding carboxylic acids is 1. The normalized spacial score (nSPS) is 23.9. The second kappa shape index (κ2) is 6.08. The van der Waals surface area contributed by atoms with Gasteiger partial charge in [0.15, 0.2) is 0 Å². The lowest BCUT2D eigenvalue weighted by atomic mass is 10.1. The molecule has 0 aliphatic carbocycles. The number of nitrogens with zero attached hydrogens (tertiary/aromatic N) is 1. The number of hydrogen-bond acceptors (Lipinski definition) is 3. The van der Waals surface area contributed by atoms with Crippen LogP contribution in [0.3, 0.4) is 0 Å². The van der Waals surface area contributed by atoms with E-state index in [0.717, 1.165) is 19.4 Å². The molecule has 2 N–H and O–H groups in total. The zero-order chi connectivity index (χ0) is 11.3. The third kappa shape index (κ3) is 4.18. The predicted molar refractivity (Wildman–Crippen MR) is 59.5 cm³/mol. The van der Waals surface area contributed by atoms with Crippen LogP contribution in [0.25, 0.3) is 0 Å². The van der Waals surface area contributed by atoms with Gasteiger partial charge in [0, 0.05) is 19.0 Å². The van der Waals surface area contributed by atoms with Gasteiger partial charge in [-0.3, -0.25) is 4.79 Å². The van der Waals surface area contributed by atoms with Crippen LogP contribution in [0.1, 0.15) is 33.1 Å². The fourth-order valence-electron chi connectivity index (χ4n) is 1.82. The Hall–Kier alpha value is -0.610. The number of morpholine rings is 1. The molecule has 2 atom stereocenters. The average Bonchev–Trinajstić information content (AvgIpc) is 2.17. The zero-order valence-corrected chi connectivity index (χ0v) is 9.74. The lowest BCUT2D eigenvalue weighted by molar-refractivity contribution is -0.139. The number of hydrogen-bond donors (Lipinski definition) is 1. The van der Waals surface area contributed by atoms with E-state index in [2.05, 4.69) is 0 Å². The lowest BCUT2D eigenvalue weighted by Crippen LogP contribution is -2.47. The molecular weight excluding hydrogens is 192 g/mol. The Balaban J connectivity index is 2.26.